The van der Waals surface area contributed by atoms with E-state index in [0.29, 0.717) is 0 Å². The van der Waals surface area contributed by atoms with E-state index in [0.717, 1.165) is 16.7 Å². The molecule has 2 heterocycles. The average Bonchev–Trinajstić information content (AvgIpc) is 3.50. The molecule has 0 radical (unpaired) electrons. The lowest BCUT2D eigenvalue weighted by molar-refractivity contribution is 1.31. The minimum absolute atomic E-state index is 1.00. The molecule has 0 N–H and O–H groups in total. The van der Waals surface area contributed by atoms with Crippen molar-refractivity contribution in [1.29, 1.82) is 0 Å². The second kappa shape index (κ2) is 9.25. The summed E-state index contributed by atoms with van der Waals surface area (Å²) in [5, 5.41) is 11.2. The zero-order valence-corrected chi connectivity index (χ0v) is 24.4. The molecule has 2 heteroatoms. The maximum Gasteiger partial charge on any atom is 0.146 e. The van der Waals surface area contributed by atoms with Crippen LogP contribution in [0.25, 0.3) is 92.9 Å². The summed E-state index contributed by atoms with van der Waals surface area (Å²) in [5.41, 5.74) is 9.33. The van der Waals surface area contributed by atoms with Crippen LogP contribution in [-0.2, 0) is 0 Å². The summed E-state index contributed by atoms with van der Waals surface area (Å²) in [6, 6.07) is 57.4. The van der Waals surface area contributed by atoms with Gasteiger partial charge < -0.3 is 0 Å². The Morgan fingerprint density at radius 3 is 1.60 bits per heavy atom. The van der Waals surface area contributed by atoms with E-state index in [-0.39, 0.29) is 0 Å². The number of hydrogen-bond acceptors (Lipinski definition) is 1. The number of imidazole rings is 1. The van der Waals surface area contributed by atoms with Gasteiger partial charge in [0.25, 0.3) is 0 Å². The number of fused-ring (bicyclic) bond motifs is 11. The fraction of sp³-hybridized carbons (Fsp3) is 0. The molecule has 2 nitrogen and oxygen atoms in total. The van der Waals surface area contributed by atoms with Crippen LogP contribution in [0.15, 0.2) is 158 Å². The zero-order chi connectivity index (χ0) is 29.5. The first-order valence-corrected chi connectivity index (χ1v) is 15.5. The molecule has 0 aliphatic rings. The van der Waals surface area contributed by atoms with E-state index in [1.807, 2.05) is 0 Å². The molecule has 0 saturated carbocycles. The number of hydrogen-bond donors (Lipinski definition) is 0. The van der Waals surface area contributed by atoms with Gasteiger partial charge in [0.15, 0.2) is 0 Å². The highest BCUT2D eigenvalue weighted by Crippen LogP contribution is 2.45. The third-order valence-corrected chi connectivity index (χ3v) is 9.51. The minimum Gasteiger partial charge on any atom is -0.292 e. The molecule has 45 heavy (non-hydrogen) atoms. The summed E-state index contributed by atoms with van der Waals surface area (Å²) in [4.78, 5) is 5.08. The van der Waals surface area contributed by atoms with Crippen LogP contribution in [0.2, 0.25) is 0 Å². The van der Waals surface area contributed by atoms with Gasteiger partial charge in [-0.25, -0.2) is 4.98 Å². The molecule has 0 unspecified atom stereocenters. The van der Waals surface area contributed by atoms with E-state index < -0.39 is 0 Å². The van der Waals surface area contributed by atoms with Crippen LogP contribution in [0.4, 0.5) is 0 Å². The second-order valence-corrected chi connectivity index (χ2v) is 11.9. The van der Waals surface area contributed by atoms with Crippen molar-refractivity contribution in [1.82, 2.24) is 9.38 Å². The van der Waals surface area contributed by atoms with Crippen LogP contribution in [0.5, 0.6) is 0 Å². The second-order valence-electron chi connectivity index (χ2n) is 11.9. The molecule has 208 valence electrons. The predicted octanol–water partition coefficient (Wildman–Crippen LogP) is 11.6. The first kappa shape index (κ1) is 24.5. The van der Waals surface area contributed by atoms with Gasteiger partial charge in [0.05, 0.1) is 16.6 Å². The topological polar surface area (TPSA) is 17.3 Å². The quantitative estimate of drug-likeness (QED) is 0.149. The van der Waals surface area contributed by atoms with Crippen molar-refractivity contribution in [3.8, 4) is 22.3 Å². The van der Waals surface area contributed by atoms with Crippen LogP contribution < -0.4 is 0 Å². The largest absolute Gasteiger partial charge is 0.292 e. The van der Waals surface area contributed by atoms with E-state index >= 15 is 0 Å². The van der Waals surface area contributed by atoms with Gasteiger partial charge >= 0.3 is 0 Å². The van der Waals surface area contributed by atoms with Gasteiger partial charge in [0.1, 0.15) is 5.65 Å². The standard InChI is InChI=1S/C43H26N2/c1-2-12-28-25-29(22-21-27(28)11-1)41-32-14-4-6-16-34(32)42(35-17-7-5-15-33(35)41)30-23-24-39-37(26-30)31-13-3-8-18-36(31)43-44-38-19-9-10-20-40(38)45(39)43/h1-26H. The van der Waals surface area contributed by atoms with Crippen LogP contribution in [0.1, 0.15) is 0 Å². The van der Waals surface area contributed by atoms with Crippen molar-refractivity contribution < 1.29 is 0 Å². The Morgan fingerprint density at radius 1 is 0.356 bits per heavy atom. The summed E-state index contributed by atoms with van der Waals surface area (Å²) < 4.78 is 2.33. The Bertz CT molecular complexity index is 2760. The molecule has 0 atom stereocenters. The molecule has 10 aromatic rings. The van der Waals surface area contributed by atoms with E-state index in [2.05, 4.69) is 162 Å². The number of pyridine rings is 1. The smallest absolute Gasteiger partial charge is 0.146 e. The molecule has 0 fully saturated rings. The highest BCUT2D eigenvalue weighted by Gasteiger charge is 2.19. The van der Waals surface area contributed by atoms with Crippen molar-refractivity contribution in [3.63, 3.8) is 0 Å². The van der Waals surface area contributed by atoms with Gasteiger partial charge in [0, 0.05) is 10.8 Å². The maximum atomic E-state index is 5.08. The molecule has 0 aliphatic carbocycles. The SMILES string of the molecule is c1ccc2cc(-c3c4ccccc4c(-c4ccc5c(c4)c4ccccc4c4nc6ccccc6n54)c4ccccc34)ccc2c1. The third-order valence-electron chi connectivity index (χ3n) is 9.51. The van der Waals surface area contributed by atoms with Gasteiger partial charge in [-0.05, 0) is 90.3 Å². The molecule has 0 amide bonds. The molecule has 2 aromatic heterocycles. The Hall–Kier alpha value is -5.99. The van der Waals surface area contributed by atoms with E-state index in [4.69, 9.17) is 4.98 Å². The van der Waals surface area contributed by atoms with Crippen LogP contribution >= 0.6 is 0 Å². The van der Waals surface area contributed by atoms with Crippen LogP contribution in [0.3, 0.4) is 0 Å². The van der Waals surface area contributed by atoms with Gasteiger partial charge in [0.2, 0.25) is 0 Å². The van der Waals surface area contributed by atoms with Crippen molar-refractivity contribution in [2.24, 2.45) is 0 Å². The minimum atomic E-state index is 1.00. The summed E-state index contributed by atoms with van der Waals surface area (Å²) in [6.45, 7) is 0. The monoisotopic (exact) mass is 570 g/mol. The van der Waals surface area contributed by atoms with Crippen molar-refractivity contribution in [2.45, 2.75) is 0 Å². The molecular weight excluding hydrogens is 544 g/mol. The Balaban J connectivity index is 1.32. The van der Waals surface area contributed by atoms with E-state index in [9.17, 15) is 0 Å². The fourth-order valence-electron chi connectivity index (χ4n) is 7.56. The van der Waals surface area contributed by atoms with Crippen molar-refractivity contribution in [3.05, 3.63) is 158 Å². The maximum absolute atomic E-state index is 5.08. The molecule has 10 rings (SSSR count). The first-order chi connectivity index (χ1) is 22.3. The Kier molecular flexibility index (Phi) is 5.03. The number of nitrogens with zero attached hydrogens (tertiary/aromatic N) is 2. The summed E-state index contributed by atoms with van der Waals surface area (Å²) in [7, 11) is 0. The fourth-order valence-corrected chi connectivity index (χ4v) is 7.56. The molecule has 0 saturated heterocycles. The van der Waals surface area contributed by atoms with Crippen molar-refractivity contribution >= 4 is 70.7 Å². The number of para-hydroxylation sites is 2. The van der Waals surface area contributed by atoms with Crippen LogP contribution in [0, 0.1) is 0 Å². The molecule has 0 spiro atoms. The highest BCUT2D eigenvalue weighted by atomic mass is 15.0. The lowest BCUT2D eigenvalue weighted by atomic mass is 9.85. The molecule has 0 aliphatic heterocycles. The number of aromatic nitrogens is 2. The lowest BCUT2D eigenvalue weighted by Crippen LogP contribution is -1.94. The summed E-state index contributed by atoms with van der Waals surface area (Å²) >= 11 is 0. The zero-order valence-electron chi connectivity index (χ0n) is 24.4. The van der Waals surface area contributed by atoms with E-state index in [1.165, 1.54) is 76.2 Å². The highest BCUT2D eigenvalue weighted by molar-refractivity contribution is 6.23. The number of rotatable bonds is 2. The number of benzene rings is 8. The van der Waals surface area contributed by atoms with Crippen LogP contribution in [-0.4, -0.2) is 9.38 Å². The molecule has 0 bridgehead atoms. The third kappa shape index (κ3) is 3.48. The summed E-state index contributed by atoms with van der Waals surface area (Å²) in [5.74, 6) is 0. The Labute approximate surface area is 259 Å². The summed E-state index contributed by atoms with van der Waals surface area (Å²) in [6.07, 6.45) is 0. The predicted molar refractivity (Wildman–Crippen MR) is 191 cm³/mol. The lowest BCUT2D eigenvalue weighted by Gasteiger charge is -2.19. The average molecular weight is 571 g/mol. The normalized spacial score (nSPS) is 12.0. The van der Waals surface area contributed by atoms with Gasteiger partial charge in [-0.15, -0.1) is 0 Å². The molecule has 8 aromatic carbocycles. The van der Waals surface area contributed by atoms with Crippen molar-refractivity contribution in [2.75, 3.05) is 0 Å². The Morgan fingerprint density at radius 2 is 0.889 bits per heavy atom. The molecular formula is C43H26N2. The van der Waals surface area contributed by atoms with Gasteiger partial charge in [-0.1, -0.05) is 127 Å². The van der Waals surface area contributed by atoms with E-state index in [1.54, 1.807) is 0 Å². The first-order valence-electron chi connectivity index (χ1n) is 15.5. The van der Waals surface area contributed by atoms with Gasteiger partial charge in [-0.3, -0.25) is 4.40 Å². The van der Waals surface area contributed by atoms with Gasteiger partial charge in [-0.2, -0.15) is 0 Å².